The molecule has 2 heterocycles. The summed E-state index contributed by atoms with van der Waals surface area (Å²) < 4.78 is 9.87. The van der Waals surface area contributed by atoms with Crippen molar-refractivity contribution in [1.29, 1.82) is 5.26 Å². The van der Waals surface area contributed by atoms with Crippen LogP contribution < -0.4 is 5.32 Å². The molecule has 7 nitrogen and oxygen atoms in total. The number of ether oxygens (including phenoxy) is 1. The van der Waals surface area contributed by atoms with Gasteiger partial charge in [-0.3, -0.25) is 15.1 Å². The first kappa shape index (κ1) is 14.3. The van der Waals surface area contributed by atoms with Gasteiger partial charge < -0.3 is 9.15 Å². The molecule has 1 amide bonds. The molecule has 0 spiro atoms. The summed E-state index contributed by atoms with van der Waals surface area (Å²) in [5.74, 6) is -1.09. The number of nitriles is 1. The van der Waals surface area contributed by atoms with Crippen molar-refractivity contribution in [2.75, 3.05) is 12.4 Å². The first-order chi connectivity index (χ1) is 10.1. The maximum absolute atomic E-state index is 12.0. The van der Waals surface area contributed by atoms with Crippen LogP contribution in [0.25, 0.3) is 0 Å². The van der Waals surface area contributed by atoms with Crippen LogP contribution in [0.2, 0.25) is 0 Å². The van der Waals surface area contributed by atoms with Crippen molar-refractivity contribution in [2.24, 2.45) is 0 Å². The average Bonchev–Trinajstić information content (AvgIpc) is 2.82. The summed E-state index contributed by atoms with van der Waals surface area (Å²) >= 11 is 0. The van der Waals surface area contributed by atoms with E-state index in [1.807, 2.05) is 6.07 Å². The predicted molar refractivity (Wildman–Crippen MR) is 71.7 cm³/mol. The number of nitrogens with one attached hydrogen (secondary N) is 1. The summed E-state index contributed by atoms with van der Waals surface area (Å²) in [6.45, 7) is 1.51. The second-order valence-corrected chi connectivity index (χ2v) is 4.04. The van der Waals surface area contributed by atoms with Crippen LogP contribution in [0, 0.1) is 18.3 Å². The van der Waals surface area contributed by atoms with E-state index in [9.17, 15) is 9.59 Å². The Morgan fingerprint density at radius 2 is 2.24 bits per heavy atom. The van der Waals surface area contributed by atoms with Crippen LogP contribution in [0.1, 0.15) is 32.0 Å². The van der Waals surface area contributed by atoms with E-state index in [1.165, 1.54) is 26.4 Å². The third-order valence-electron chi connectivity index (χ3n) is 2.74. The molecule has 0 aliphatic rings. The van der Waals surface area contributed by atoms with E-state index in [0.29, 0.717) is 5.56 Å². The summed E-state index contributed by atoms with van der Waals surface area (Å²) in [5, 5.41) is 11.6. The minimum Gasteiger partial charge on any atom is -0.465 e. The van der Waals surface area contributed by atoms with Gasteiger partial charge in [-0.2, -0.15) is 5.26 Å². The minimum atomic E-state index is -0.699. The molecular weight excluding hydrogens is 274 g/mol. The van der Waals surface area contributed by atoms with Gasteiger partial charge in [-0.1, -0.05) is 0 Å². The number of carbonyl (C=O) groups excluding carboxylic acids is 2. The number of amides is 1. The standard InChI is InChI=1S/C14H11N3O4/c1-8-11(14(19)20-2)10(6-15)13(21-8)17-12(18)9-4-3-5-16-7-9/h3-5,7H,1-2H3,(H,17,18). The van der Waals surface area contributed by atoms with Crippen molar-refractivity contribution in [2.45, 2.75) is 6.92 Å². The van der Waals surface area contributed by atoms with Crippen LogP contribution in [0.3, 0.4) is 0 Å². The molecule has 0 fully saturated rings. The number of hydrogen-bond donors (Lipinski definition) is 1. The fourth-order valence-electron chi connectivity index (χ4n) is 1.76. The molecule has 0 saturated heterocycles. The maximum atomic E-state index is 12.0. The molecule has 0 aromatic carbocycles. The van der Waals surface area contributed by atoms with Gasteiger partial charge in [0.25, 0.3) is 5.91 Å². The second kappa shape index (κ2) is 5.88. The van der Waals surface area contributed by atoms with Crippen molar-refractivity contribution in [1.82, 2.24) is 4.98 Å². The monoisotopic (exact) mass is 285 g/mol. The zero-order chi connectivity index (χ0) is 15.4. The van der Waals surface area contributed by atoms with Crippen LogP contribution >= 0.6 is 0 Å². The van der Waals surface area contributed by atoms with Crippen LogP contribution in [0.15, 0.2) is 28.9 Å². The normalized spacial score (nSPS) is 9.76. The molecule has 0 unspecified atom stereocenters. The van der Waals surface area contributed by atoms with Crippen LogP contribution in [0.5, 0.6) is 0 Å². The molecule has 0 saturated carbocycles. The van der Waals surface area contributed by atoms with Gasteiger partial charge in [-0.25, -0.2) is 4.79 Å². The van der Waals surface area contributed by atoms with Gasteiger partial charge in [-0.15, -0.1) is 0 Å². The molecule has 1 N–H and O–H groups in total. The van der Waals surface area contributed by atoms with Gasteiger partial charge in [0.2, 0.25) is 5.88 Å². The summed E-state index contributed by atoms with van der Waals surface area (Å²) in [7, 11) is 1.20. The van der Waals surface area contributed by atoms with Crippen molar-refractivity contribution in [3.63, 3.8) is 0 Å². The fraction of sp³-hybridized carbons (Fsp3) is 0.143. The van der Waals surface area contributed by atoms with Crippen molar-refractivity contribution < 1.29 is 18.7 Å². The highest BCUT2D eigenvalue weighted by Crippen LogP contribution is 2.27. The third kappa shape index (κ3) is 2.74. The van der Waals surface area contributed by atoms with Crippen LogP contribution in [0.4, 0.5) is 5.88 Å². The van der Waals surface area contributed by atoms with E-state index < -0.39 is 11.9 Å². The lowest BCUT2D eigenvalue weighted by Crippen LogP contribution is -2.12. The van der Waals surface area contributed by atoms with E-state index in [2.05, 4.69) is 15.0 Å². The number of methoxy groups -OCH3 is 1. The van der Waals surface area contributed by atoms with Gasteiger partial charge in [0.15, 0.2) is 0 Å². The molecule has 7 heteroatoms. The number of carbonyl (C=O) groups is 2. The summed E-state index contributed by atoms with van der Waals surface area (Å²) in [5.41, 5.74) is 0.230. The third-order valence-corrected chi connectivity index (χ3v) is 2.74. The number of esters is 1. The van der Waals surface area contributed by atoms with Crippen LogP contribution in [-0.4, -0.2) is 24.0 Å². The Kier molecular flexibility index (Phi) is 4.00. The lowest BCUT2D eigenvalue weighted by molar-refractivity contribution is 0.0598. The molecule has 0 radical (unpaired) electrons. The molecule has 106 valence electrons. The Labute approximate surface area is 120 Å². The molecule has 0 aliphatic carbocycles. The Bertz CT molecular complexity index is 729. The fourth-order valence-corrected chi connectivity index (χ4v) is 1.76. The van der Waals surface area contributed by atoms with E-state index in [0.717, 1.165) is 0 Å². The number of furan rings is 1. The Morgan fingerprint density at radius 3 is 2.81 bits per heavy atom. The average molecular weight is 285 g/mol. The number of hydrogen-bond acceptors (Lipinski definition) is 6. The second-order valence-electron chi connectivity index (χ2n) is 4.04. The highest BCUT2D eigenvalue weighted by Gasteiger charge is 2.25. The quantitative estimate of drug-likeness (QED) is 0.863. The van der Waals surface area contributed by atoms with E-state index in [-0.39, 0.29) is 22.8 Å². The number of anilines is 1. The summed E-state index contributed by atoms with van der Waals surface area (Å²) in [6.07, 6.45) is 2.91. The van der Waals surface area contributed by atoms with E-state index in [1.54, 1.807) is 12.1 Å². The minimum absolute atomic E-state index is 0.00138. The van der Waals surface area contributed by atoms with Gasteiger partial charge in [0, 0.05) is 12.4 Å². The molecule has 21 heavy (non-hydrogen) atoms. The van der Waals surface area contributed by atoms with Crippen molar-refractivity contribution >= 4 is 17.8 Å². The summed E-state index contributed by atoms with van der Waals surface area (Å²) in [4.78, 5) is 27.5. The first-order valence-corrected chi connectivity index (χ1v) is 5.91. The number of rotatable bonds is 3. The lowest BCUT2D eigenvalue weighted by Gasteiger charge is -2.01. The molecule has 0 bridgehead atoms. The topological polar surface area (TPSA) is 105 Å². The Morgan fingerprint density at radius 1 is 1.48 bits per heavy atom. The number of aromatic nitrogens is 1. The molecular formula is C14H11N3O4. The van der Waals surface area contributed by atoms with E-state index >= 15 is 0 Å². The number of nitrogens with zero attached hydrogens (tertiary/aromatic N) is 2. The van der Waals surface area contributed by atoms with Crippen LogP contribution in [-0.2, 0) is 4.74 Å². The first-order valence-electron chi connectivity index (χ1n) is 5.91. The SMILES string of the molecule is COC(=O)c1c(C)oc(NC(=O)c2cccnc2)c1C#N. The van der Waals surface area contributed by atoms with Crippen molar-refractivity contribution in [3.8, 4) is 6.07 Å². The van der Waals surface area contributed by atoms with E-state index in [4.69, 9.17) is 9.68 Å². The van der Waals surface area contributed by atoms with Crippen molar-refractivity contribution in [3.05, 3.63) is 47.0 Å². The zero-order valence-corrected chi connectivity index (χ0v) is 11.3. The number of aryl methyl sites for hydroxylation is 1. The molecule has 0 aliphatic heterocycles. The Hall–Kier alpha value is -3.14. The van der Waals surface area contributed by atoms with Gasteiger partial charge in [-0.05, 0) is 19.1 Å². The highest BCUT2D eigenvalue weighted by atomic mass is 16.5. The Balaban J connectivity index is 2.36. The highest BCUT2D eigenvalue weighted by molar-refractivity contribution is 6.05. The smallest absolute Gasteiger partial charge is 0.342 e. The zero-order valence-electron chi connectivity index (χ0n) is 11.3. The lowest BCUT2D eigenvalue weighted by atomic mass is 10.1. The summed E-state index contributed by atoms with van der Waals surface area (Å²) in [6, 6.07) is 5.00. The molecule has 0 atom stereocenters. The van der Waals surface area contributed by atoms with Gasteiger partial charge >= 0.3 is 5.97 Å². The largest absolute Gasteiger partial charge is 0.465 e. The van der Waals surface area contributed by atoms with Gasteiger partial charge in [0.1, 0.15) is 23.0 Å². The number of pyridine rings is 1. The van der Waals surface area contributed by atoms with Gasteiger partial charge in [0.05, 0.1) is 12.7 Å². The maximum Gasteiger partial charge on any atom is 0.342 e. The molecule has 2 aromatic heterocycles. The molecule has 2 rings (SSSR count). The predicted octanol–water partition coefficient (Wildman–Crippen LogP) is 1.89. The molecule has 2 aromatic rings.